The van der Waals surface area contributed by atoms with E-state index in [2.05, 4.69) is 15.9 Å². The fraction of sp³-hybridized carbons (Fsp3) is 0.270. The van der Waals surface area contributed by atoms with Crippen LogP contribution in [0.15, 0.2) is 84.9 Å². The largest absolute Gasteiger partial charge is 0.493 e. The maximum absolute atomic E-state index is 12.9. The summed E-state index contributed by atoms with van der Waals surface area (Å²) in [7, 11) is 6.17. The molecule has 0 aliphatic rings. The summed E-state index contributed by atoms with van der Waals surface area (Å²) in [5.74, 6) is 1.66. The van der Waals surface area contributed by atoms with E-state index >= 15 is 0 Å². The summed E-state index contributed by atoms with van der Waals surface area (Å²) in [6.07, 6.45) is 2.26. The van der Waals surface area contributed by atoms with Crippen LogP contribution in [0, 0.1) is 0 Å². The molecule has 248 valence electrons. The number of nitrogens with two attached hydrogens (primary N) is 1. The molecule has 9 nitrogen and oxygen atoms in total. The Morgan fingerprint density at radius 1 is 0.660 bits per heavy atom. The number of ketones is 2. The lowest BCUT2D eigenvalue weighted by molar-refractivity contribution is -0.142. The molecule has 0 saturated heterocycles. The van der Waals surface area contributed by atoms with Crippen LogP contribution in [0.5, 0.6) is 23.0 Å². The number of carbonyl (C=O) groups excluding carboxylic acids is 3. The second-order valence-electron chi connectivity index (χ2n) is 10.3. The molecule has 0 amide bonds. The highest BCUT2D eigenvalue weighted by molar-refractivity contribution is 9.10. The fourth-order valence-corrected chi connectivity index (χ4v) is 5.01. The average Bonchev–Trinajstić information content (AvgIpc) is 3.10. The molecule has 0 radical (unpaired) electrons. The fourth-order valence-electron chi connectivity index (χ4n) is 4.51. The van der Waals surface area contributed by atoms with E-state index in [1.165, 1.54) is 14.2 Å². The van der Waals surface area contributed by atoms with Gasteiger partial charge in [-0.3, -0.25) is 14.4 Å². The molecule has 0 bridgehead atoms. The van der Waals surface area contributed by atoms with Crippen LogP contribution < -0.4 is 24.7 Å². The molecule has 2 N–H and O–H groups in total. The molecule has 0 spiro atoms. The summed E-state index contributed by atoms with van der Waals surface area (Å²) in [5, 5.41) is 0. The Hall–Kier alpha value is -4.83. The van der Waals surface area contributed by atoms with Crippen molar-refractivity contribution < 1.29 is 38.1 Å². The molecular weight excluding hydrogens is 666 g/mol. The number of anilines is 1. The topological polar surface area (TPSA) is 123 Å². The van der Waals surface area contributed by atoms with Crippen molar-refractivity contribution in [3.8, 4) is 23.0 Å². The molecule has 47 heavy (non-hydrogen) atoms. The van der Waals surface area contributed by atoms with E-state index in [9.17, 15) is 14.4 Å². The highest BCUT2D eigenvalue weighted by Crippen LogP contribution is 2.30. The Kier molecular flexibility index (Phi) is 14.3. The van der Waals surface area contributed by atoms with Crippen LogP contribution in [0.1, 0.15) is 57.2 Å². The van der Waals surface area contributed by atoms with E-state index in [0.29, 0.717) is 64.0 Å². The Morgan fingerprint density at radius 2 is 1.15 bits per heavy atom. The van der Waals surface area contributed by atoms with Gasteiger partial charge >= 0.3 is 5.97 Å². The molecule has 4 rings (SSSR count). The number of halogens is 1. The molecule has 0 heterocycles. The predicted molar refractivity (Wildman–Crippen MR) is 186 cm³/mol. The maximum atomic E-state index is 12.9. The Bertz CT molecular complexity index is 1670. The first kappa shape index (κ1) is 36.6. The molecule has 0 saturated carbocycles. The van der Waals surface area contributed by atoms with Crippen molar-refractivity contribution in [1.29, 1.82) is 0 Å². The molecular formula is C37H40BrNO8. The third-order valence-electron chi connectivity index (χ3n) is 7.04. The number of carbonyl (C=O) groups is 3. The zero-order valence-electron chi connectivity index (χ0n) is 27.2. The second-order valence-corrected chi connectivity index (χ2v) is 11.4. The summed E-state index contributed by atoms with van der Waals surface area (Å²) in [5.41, 5.74) is 9.24. The first-order chi connectivity index (χ1) is 22.6. The molecule has 1 unspecified atom stereocenters. The second kappa shape index (κ2) is 18.3. The average molecular weight is 707 g/mol. The van der Waals surface area contributed by atoms with Crippen LogP contribution in [0.4, 0.5) is 5.69 Å². The monoisotopic (exact) mass is 705 g/mol. The lowest BCUT2D eigenvalue weighted by Crippen LogP contribution is -2.20. The highest BCUT2D eigenvalue weighted by Gasteiger charge is 2.19. The zero-order valence-corrected chi connectivity index (χ0v) is 28.8. The van der Waals surface area contributed by atoms with Crippen molar-refractivity contribution in [3.63, 3.8) is 0 Å². The van der Waals surface area contributed by atoms with Gasteiger partial charge in [-0.25, -0.2) is 0 Å². The van der Waals surface area contributed by atoms with E-state index in [4.69, 9.17) is 29.4 Å². The number of benzene rings is 4. The van der Waals surface area contributed by atoms with Gasteiger partial charge in [0.1, 0.15) is 4.83 Å². The van der Waals surface area contributed by atoms with E-state index in [-0.39, 0.29) is 17.5 Å². The van der Waals surface area contributed by atoms with Gasteiger partial charge in [0, 0.05) is 27.9 Å². The summed E-state index contributed by atoms with van der Waals surface area (Å²) in [6.45, 7) is 2.47. The summed E-state index contributed by atoms with van der Waals surface area (Å²) in [4.78, 5) is 36.8. The van der Waals surface area contributed by atoms with Gasteiger partial charge in [0.05, 0.1) is 35.0 Å². The number of hydrogen-bond donors (Lipinski definition) is 1. The molecule has 1 atom stereocenters. The molecule has 0 aliphatic heterocycles. The quantitative estimate of drug-likeness (QED) is 0.0481. The standard InChI is InChI=1S/C22H25BrO5.C15H15NO3/c1-4-5-11-28-22(25)18(23)13-15-7-6-8-16(12-15)21(24)17-9-10-19(26-2)20(14-17)27-3;1-18-13-7-6-11(9-14(13)19-2)15(17)10-4-3-5-12(16)8-10/h6-10,12,14,18H,4-5,11,13H2,1-3H3;3-9H,16H2,1-2H3. The Morgan fingerprint density at radius 3 is 1.64 bits per heavy atom. The summed E-state index contributed by atoms with van der Waals surface area (Å²) < 4.78 is 26.0. The Labute approximate surface area is 284 Å². The van der Waals surface area contributed by atoms with Crippen molar-refractivity contribution in [3.05, 3.63) is 113 Å². The van der Waals surface area contributed by atoms with Crippen LogP contribution in [-0.4, -0.2) is 57.4 Å². The number of esters is 1. The molecule has 0 fully saturated rings. The minimum absolute atomic E-state index is 0.103. The summed E-state index contributed by atoms with van der Waals surface area (Å²) in [6, 6.07) is 24.3. The van der Waals surface area contributed by atoms with Crippen LogP contribution in [-0.2, 0) is 16.0 Å². The molecule has 4 aromatic carbocycles. The van der Waals surface area contributed by atoms with Gasteiger partial charge in [0.15, 0.2) is 34.6 Å². The number of rotatable bonds is 14. The predicted octanol–water partition coefficient (Wildman–Crippen LogP) is 7.10. The van der Waals surface area contributed by atoms with Crippen LogP contribution in [0.2, 0.25) is 0 Å². The van der Waals surface area contributed by atoms with Crippen LogP contribution in [0.25, 0.3) is 0 Å². The van der Waals surface area contributed by atoms with Gasteiger partial charge < -0.3 is 29.4 Å². The zero-order chi connectivity index (χ0) is 34.3. The molecule has 4 aromatic rings. The number of nitrogen functional groups attached to an aromatic ring is 1. The van der Waals surface area contributed by atoms with E-state index in [0.717, 1.165) is 18.4 Å². The van der Waals surface area contributed by atoms with E-state index in [1.54, 1.807) is 87.0 Å². The highest BCUT2D eigenvalue weighted by atomic mass is 79.9. The van der Waals surface area contributed by atoms with Gasteiger partial charge in [0.2, 0.25) is 0 Å². The van der Waals surface area contributed by atoms with Crippen LogP contribution in [0.3, 0.4) is 0 Å². The normalized spacial score (nSPS) is 10.9. The molecule has 0 aliphatic carbocycles. The lowest BCUT2D eigenvalue weighted by atomic mass is 9.99. The van der Waals surface area contributed by atoms with Gasteiger partial charge in [-0.05, 0) is 73.0 Å². The van der Waals surface area contributed by atoms with Crippen LogP contribution >= 0.6 is 15.9 Å². The lowest BCUT2D eigenvalue weighted by Gasteiger charge is -2.12. The van der Waals surface area contributed by atoms with Gasteiger partial charge in [-0.15, -0.1) is 0 Å². The smallest absolute Gasteiger partial charge is 0.320 e. The Balaban J connectivity index is 0.000000274. The van der Waals surface area contributed by atoms with Crippen molar-refractivity contribution in [1.82, 2.24) is 0 Å². The molecule has 10 heteroatoms. The first-order valence-electron chi connectivity index (χ1n) is 14.9. The minimum Gasteiger partial charge on any atom is -0.493 e. The third kappa shape index (κ3) is 10.3. The van der Waals surface area contributed by atoms with Crippen molar-refractivity contribution in [2.75, 3.05) is 40.8 Å². The number of unbranched alkanes of at least 4 members (excludes halogenated alkanes) is 1. The van der Waals surface area contributed by atoms with E-state index in [1.807, 2.05) is 19.1 Å². The van der Waals surface area contributed by atoms with E-state index < -0.39 is 4.83 Å². The number of hydrogen-bond acceptors (Lipinski definition) is 9. The number of methoxy groups -OCH3 is 4. The number of alkyl halides is 1. The van der Waals surface area contributed by atoms with Crippen molar-refractivity contribution >= 4 is 39.2 Å². The molecule has 0 aromatic heterocycles. The number of ether oxygens (including phenoxy) is 5. The third-order valence-corrected chi connectivity index (χ3v) is 7.74. The summed E-state index contributed by atoms with van der Waals surface area (Å²) >= 11 is 3.38. The van der Waals surface area contributed by atoms with Crippen molar-refractivity contribution in [2.24, 2.45) is 0 Å². The minimum atomic E-state index is -0.448. The first-order valence-corrected chi connectivity index (χ1v) is 15.9. The van der Waals surface area contributed by atoms with Gasteiger partial charge in [0.25, 0.3) is 0 Å². The SMILES string of the molecule is CCCCOC(=O)C(Br)Cc1cccc(C(=O)c2ccc(OC)c(OC)c2)c1.COc1ccc(C(=O)c2cccc(N)c2)cc1OC. The maximum Gasteiger partial charge on any atom is 0.320 e. The van der Waals surface area contributed by atoms with Gasteiger partial charge in [-0.1, -0.05) is 59.6 Å². The van der Waals surface area contributed by atoms with Crippen molar-refractivity contribution in [2.45, 2.75) is 31.0 Å². The van der Waals surface area contributed by atoms with Gasteiger partial charge in [-0.2, -0.15) is 0 Å².